The zero-order valence-corrected chi connectivity index (χ0v) is 11.7. The number of hydrogen-bond donors (Lipinski definition) is 0. The third-order valence-corrected chi connectivity index (χ3v) is 2.79. The first-order valence-electron chi connectivity index (χ1n) is 6.36. The zero-order valence-electron chi connectivity index (χ0n) is 11.7. The molecule has 2 aromatic rings. The van der Waals surface area contributed by atoms with Crippen molar-refractivity contribution in [1.29, 1.82) is 0 Å². The van der Waals surface area contributed by atoms with E-state index in [4.69, 9.17) is 14.2 Å². The standard InChI is InChI=1S/C17H18O3/c1-18-13-20-16-11-10-15(12-17(16)19-2)9-8-14-6-4-3-5-7-14/h3-12H,13H2,1-2H3/b9-8+. The highest BCUT2D eigenvalue weighted by atomic mass is 16.7. The summed E-state index contributed by atoms with van der Waals surface area (Å²) in [5.41, 5.74) is 2.21. The summed E-state index contributed by atoms with van der Waals surface area (Å²) in [6, 6.07) is 15.9. The largest absolute Gasteiger partial charge is 0.493 e. The monoisotopic (exact) mass is 270 g/mol. The van der Waals surface area contributed by atoms with Crippen molar-refractivity contribution in [3.05, 3.63) is 59.7 Å². The quantitative estimate of drug-likeness (QED) is 0.589. The Balaban J connectivity index is 2.15. The van der Waals surface area contributed by atoms with Crippen LogP contribution < -0.4 is 9.47 Å². The van der Waals surface area contributed by atoms with Crippen molar-refractivity contribution in [1.82, 2.24) is 0 Å². The van der Waals surface area contributed by atoms with Crippen LogP contribution in [0.5, 0.6) is 11.5 Å². The van der Waals surface area contributed by atoms with Gasteiger partial charge in [-0.3, -0.25) is 0 Å². The maximum atomic E-state index is 5.42. The molecule has 0 aliphatic carbocycles. The molecule has 0 aliphatic rings. The third kappa shape index (κ3) is 3.87. The van der Waals surface area contributed by atoms with Gasteiger partial charge in [-0.25, -0.2) is 0 Å². The number of rotatable bonds is 6. The maximum absolute atomic E-state index is 5.42. The van der Waals surface area contributed by atoms with Crippen molar-refractivity contribution in [2.24, 2.45) is 0 Å². The highest BCUT2D eigenvalue weighted by Gasteiger charge is 2.04. The van der Waals surface area contributed by atoms with Gasteiger partial charge in [0, 0.05) is 7.11 Å². The minimum Gasteiger partial charge on any atom is -0.493 e. The summed E-state index contributed by atoms with van der Waals surface area (Å²) in [4.78, 5) is 0. The molecule has 0 saturated carbocycles. The van der Waals surface area contributed by atoms with Crippen LogP contribution in [0.1, 0.15) is 11.1 Å². The molecule has 0 radical (unpaired) electrons. The minimum absolute atomic E-state index is 0.204. The third-order valence-electron chi connectivity index (χ3n) is 2.79. The van der Waals surface area contributed by atoms with Crippen LogP contribution in [-0.4, -0.2) is 21.0 Å². The molecule has 0 bridgehead atoms. The van der Waals surface area contributed by atoms with Gasteiger partial charge in [-0.15, -0.1) is 0 Å². The van der Waals surface area contributed by atoms with Crippen LogP contribution in [0.3, 0.4) is 0 Å². The smallest absolute Gasteiger partial charge is 0.188 e. The number of ether oxygens (including phenoxy) is 3. The number of benzene rings is 2. The van der Waals surface area contributed by atoms with Gasteiger partial charge in [-0.05, 0) is 23.3 Å². The normalized spacial score (nSPS) is 10.7. The van der Waals surface area contributed by atoms with E-state index in [1.807, 2.05) is 42.5 Å². The van der Waals surface area contributed by atoms with E-state index in [1.54, 1.807) is 14.2 Å². The van der Waals surface area contributed by atoms with Crippen LogP contribution in [0.4, 0.5) is 0 Å². The van der Waals surface area contributed by atoms with Gasteiger partial charge in [-0.2, -0.15) is 0 Å². The van der Waals surface area contributed by atoms with Gasteiger partial charge in [0.25, 0.3) is 0 Å². The molecule has 0 fully saturated rings. The van der Waals surface area contributed by atoms with Crippen LogP contribution >= 0.6 is 0 Å². The topological polar surface area (TPSA) is 27.7 Å². The molecular formula is C17H18O3. The van der Waals surface area contributed by atoms with Gasteiger partial charge in [0.2, 0.25) is 0 Å². The van der Waals surface area contributed by atoms with Gasteiger partial charge in [0.1, 0.15) is 0 Å². The molecule has 0 atom stereocenters. The first-order chi connectivity index (χ1) is 9.83. The second-order valence-corrected chi connectivity index (χ2v) is 4.21. The number of methoxy groups -OCH3 is 2. The first kappa shape index (κ1) is 14.2. The van der Waals surface area contributed by atoms with E-state index >= 15 is 0 Å². The second-order valence-electron chi connectivity index (χ2n) is 4.21. The average Bonchev–Trinajstić information content (AvgIpc) is 2.52. The summed E-state index contributed by atoms with van der Waals surface area (Å²) >= 11 is 0. The Morgan fingerprint density at radius 1 is 0.850 bits per heavy atom. The van der Waals surface area contributed by atoms with Crippen molar-refractivity contribution in [2.75, 3.05) is 21.0 Å². The van der Waals surface area contributed by atoms with Crippen molar-refractivity contribution in [3.63, 3.8) is 0 Å². The van der Waals surface area contributed by atoms with Crippen molar-refractivity contribution < 1.29 is 14.2 Å². The average molecular weight is 270 g/mol. The van der Waals surface area contributed by atoms with Gasteiger partial charge in [0.05, 0.1) is 7.11 Å². The minimum atomic E-state index is 0.204. The summed E-state index contributed by atoms with van der Waals surface area (Å²) < 4.78 is 15.6. The van der Waals surface area contributed by atoms with Crippen LogP contribution in [0.15, 0.2) is 48.5 Å². The Labute approximate surface area is 119 Å². The lowest BCUT2D eigenvalue weighted by molar-refractivity contribution is 0.0491. The molecule has 0 saturated heterocycles. The van der Waals surface area contributed by atoms with Crippen LogP contribution in [0.2, 0.25) is 0 Å². The van der Waals surface area contributed by atoms with E-state index in [9.17, 15) is 0 Å². The molecule has 0 heterocycles. The lowest BCUT2D eigenvalue weighted by Crippen LogP contribution is -2.00. The molecule has 3 nitrogen and oxygen atoms in total. The molecule has 2 rings (SSSR count). The van der Waals surface area contributed by atoms with Gasteiger partial charge in [0.15, 0.2) is 18.3 Å². The van der Waals surface area contributed by atoms with Crippen LogP contribution in [0.25, 0.3) is 12.2 Å². The Kier molecular flexibility index (Phi) is 5.21. The fraction of sp³-hybridized carbons (Fsp3) is 0.176. The molecule has 0 amide bonds. The molecule has 3 heteroatoms. The fourth-order valence-electron chi connectivity index (χ4n) is 1.79. The summed E-state index contributed by atoms with van der Waals surface area (Å²) in [5, 5.41) is 0. The summed E-state index contributed by atoms with van der Waals surface area (Å²) in [5.74, 6) is 1.36. The molecule has 0 aliphatic heterocycles. The van der Waals surface area contributed by atoms with Crippen molar-refractivity contribution in [2.45, 2.75) is 0 Å². The molecule has 0 spiro atoms. The van der Waals surface area contributed by atoms with E-state index in [0.29, 0.717) is 11.5 Å². The van der Waals surface area contributed by atoms with E-state index < -0.39 is 0 Å². The fourth-order valence-corrected chi connectivity index (χ4v) is 1.79. The zero-order chi connectivity index (χ0) is 14.2. The molecule has 104 valence electrons. The summed E-state index contributed by atoms with van der Waals surface area (Å²) in [7, 11) is 3.21. The Bertz CT molecular complexity index is 562. The Morgan fingerprint density at radius 2 is 1.60 bits per heavy atom. The van der Waals surface area contributed by atoms with E-state index in [-0.39, 0.29) is 6.79 Å². The first-order valence-corrected chi connectivity index (χ1v) is 6.36. The summed E-state index contributed by atoms with van der Waals surface area (Å²) in [6.07, 6.45) is 4.10. The highest BCUT2D eigenvalue weighted by Crippen LogP contribution is 2.28. The second kappa shape index (κ2) is 7.36. The summed E-state index contributed by atoms with van der Waals surface area (Å²) in [6.45, 7) is 0.204. The molecule has 0 aromatic heterocycles. The highest BCUT2D eigenvalue weighted by molar-refractivity contribution is 5.70. The van der Waals surface area contributed by atoms with Gasteiger partial charge < -0.3 is 14.2 Å². The molecule has 2 aromatic carbocycles. The van der Waals surface area contributed by atoms with Crippen molar-refractivity contribution >= 4 is 12.2 Å². The molecular weight excluding hydrogens is 252 g/mol. The SMILES string of the molecule is COCOc1ccc(/C=C/c2ccccc2)cc1OC. The molecule has 0 unspecified atom stereocenters. The van der Waals surface area contributed by atoms with E-state index in [1.165, 1.54) is 0 Å². The Morgan fingerprint density at radius 3 is 2.30 bits per heavy atom. The van der Waals surface area contributed by atoms with Gasteiger partial charge in [-0.1, -0.05) is 48.6 Å². The van der Waals surface area contributed by atoms with Crippen LogP contribution in [0, 0.1) is 0 Å². The van der Waals surface area contributed by atoms with Gasteiger partial charge >= 0.3 is 0 Å². The van der Waals surface area contributed by atoms with E-state index in [2.05, 4.69) is 18.2 Å². The predicted molar refractivity (Wildman–Crippen MR) is 80.9 cm³/mol. The maximum Gasteiger partial charge on any atom is 0.188 e. The van der Waals surface area contributed by atoms with E-state index in [0.717, 1.165) is 11.1 Å². The number of hydrogen-bond acceptors (Lipinski definition) is 3. The molecule has 20 heavy (non-hydrogen) atoms. The lowest BCUT2D eigenvalue weighted by Gasteiger charge is -2.10. The van der Waals surface area contributed by atoms with Crippen LogP contribution in [-0.2, 0) is 4.74 Å². The lowest BCUT2D eigenvalue weighted by atomic mass is 10.1. The predicted octanol–water partition coefficient (Wildman–Crippen LogP) is 3.85. The molecule has 0 N–H and O–H groups in total. The Hall–Kier alpha value is -2.26. The van der Waals surface area contributed by atoms with Crippen molar-refractivity contribution in [3.8, 4) is 11.5 Å².